The van der Waals surface area contributed by atoms with Crippen LogP contribution in [-0.4, -0.2) is 34.8 Å². The van der Waals surface area contributed by atoms with E-state index < -0.39 is 35.6 Å². The molecule has 4 rings (SSSR count). The monoisotopic (exact) mass is 585 g/mol. The minimum atomic E-state index is -4.32. The van der Waals surface area contributed by atoms with Gasteiger partial charge in [0.05, 0.1) is 48.6 Å². The first-order valence-electron chi connectivity index (χ1n) is 13.9. The van der Waals surface area contributed by atoms with Gasteiger partial charge in [0, 0.05) is 18.2 Å². The van der Waals surface area contributed by atoms with E-state index in [1.807, 2.05) is 30.4 Å². The Morgan fingerprint density at radius 3 is 2.60 bits per heavy atom. The van der Waals surface area contributed by atoms with Crippen LogP contribution >= 0.6 is 0 Å². The highest BCUT2D eigenvalue weighted by Crippen LogP contribution is 2.49. The van der Waals surface area contributed by atoms with Gasteiger partial charge < -0.3 is 9.47 Å². The van der Waals surface area contributed by atoms with Crippen molar-refractivity contribution in [1.29, 1.82) is 5.26 Å². The Bertz CT molecular complexity index is 1500. The highest BCUT2D eigenvalue weighted by molar-refractivity contribution is 6.01. The number of hydrogen-bond acceptors (Lipinski definition) is 5. The molecule has 3 atom stereocenters. The molecular formula is C32H35F4N3O3. The molecule has 1 saturated carbocycles. The number of ketones is 1. The fourth-order valence-electron chi connectivity index (χ4n) is 5.47. The maximum absolute atomic E-state index is 14.0. The lowest BCUT2D eigenvalue weighted by Crippen LogP contribution is -2.31. The molecule has 1 fully saturated rings. The molecule has 2 aromatic heterocycles. The highest BCUT2D eigenvalue weighted by Gasteiger charge is 2.51. The smallest absolute Gasteiger partial charge is 0.392 e. The van der Waals surface area contributed by atoms with Crippen LogP contribution < -0.4 is 4.74 Å². The molecular weight excluding hydrogens is 550 g/mol. The second-order valence-corrected chi connectivity index (χ2v) is 11.5. The van der Waals surface area contributed by atoms with Gasteiger partial charge in [-0.25, -0.2) is 9.37 Å². The summed E-state index contributed by atoms with van der Waals surface area (Å²) >= 11 is 0. The number of pyridine rings is 1. The number of ether oxygens (including phenoxy) is 2. The number of carbonyl (C=O) groups excluding carboxylic acids is 1. The summed E-state index contributed by atoms with van der Waals surface area (Å²) in [5, 5.41) is 9.51. The molecule has 0 amide bonds. The van der Waals surface area contributed by atoms with Gasteiger partial charge in [-0.2, -0.15) is 18.4 Å². The van der Waals surface area contributed by atoms with Crippen LogP contribution in [0.1, 0.15) is 67.9 Å². The summed E-state index contributed by atoms with van der Waals surface area (Å²) < 4.78 is 67.8. The van der Waals surface area contributed by atoms with Crippen LogP contribution in [0.2, 0.25) is 0 Å². The van der Waals surface area contributed by atoms with Gasteiger partial charge in [0.1, 0.15) is 11.4 Å². The van der Waals surface area contributed by atoms with E-state index in [1.54, 1.807) is 31.5 Å². The molecule has 1 aliphatic rings. The summed E-state index contributed by atoms with van der Waals surface area (Å²) in [7, 11) is 1.39. The molecule has 0 spiro atoms. The first-order chi connectivity index (χ1) is 19.8. The van der Waals surface area contributed by atoms with Gasteiger partial charge >= 0.3 is 6.18 Å². The average molecular weight is 586 g/mol. The van der Waals surface area contributed by atoms with Crippen molar-refractivity contribution in [2.24, 2.45) is 17.8 Å². The van der Waals surface area contributed by atoms with Crippen LogP contribution in [0.5, 0.6) is 5.75 Å². The molecule has 42 heavy (non-hydrogen) atoms. The molecule has 6 nitrogen and oxygen atoms in total. The van der Waals surface area contributed by atoms with Crippen LogP contribution in [0, 0.1) is 29.1 Å². The van der Waals surface area contributed by atoms with E-state index in [0.29, 0.717) is 35.3 Å². The van der Waals surface area contributed by atoms with E-state index in [-0.39, 0.29) is 36.7 Å². The Kier molecular flexibility index (Phi) is 9.12. The number of nitrogens with zero attached hydrogens (tertiary/aromatic N) is 3. The average Bonchev–Trinajstić information content (AvgIpc) is 3.69. The van der Waals surface area contributed by atoms with Crippen molar-refractivity contribution in [2.45, 2.75) is 71.0 Å². The largest absolute Gasteiger partial charge is 0.496 e. The van der Waals surface area contributed by atoms with Gasteiger partial charge in [-0.15, -0.1) is 0 Å². The molecule has 3 unspecified atom stereocenters. The normalized spacial score (nSPS) is 16.1. The molecule has 1 aliphatic carbocycles. The molecule has 0 saturated heterocycles. The lowest BCUT2D eigenvalue weighted by molar-refractivity contribution is -0.194. The third kappa shape index (κ3) is 6.67. The molecule has 1 aromatic carbocycles. The lowest BCUT2D eigenvalue weighted by Gasteiger charge is -2.26. The topological polar surface area (TPSA) is 76.6 Å². The number of methoxy groups -OCH3 is 1. The highest BCUT2D eigenvalue weighted by atomic mass is 19.4. The van der Waals surface area contributed by atoms with E-state index in [2.05, 4.69) is 17.6 Å². The lowest BCUT2D eigenvalue weighted by atomic mass is 9.84. The minimum Gasteiger partial charge on any atom is -0.496 e. The van der Waals surface area contributed by atoms with E-state index in [0.717, 1.165) is 11.6 Å². The quantitative estimate of drug-likeness (QED) is 0.115. The molecule has 0 N–H and O–H groups in total. The number of rotatable bonds is 13. The van der Waals surface area contributed by atoms with Crippen molar-refractivity contribution in [3.8, 4) is 23.1 Å². The van der Waals surface area contributed by atoms with E-state index in [9.17, 15) is 27.6 Å². The van der Waals surface area contributed by atoms with Crippen LogP contribution in [-0.2, 0) is 16.8 Å². The zero-order valence-corrected chi connectivity index (χ0v) is 24.2. The Balaban J connectivity index is 1.69. The van der Waals surface area contributed by atoms with Crippen LogP contribution in [0.15, 0.2) is 49.3 Å². The number of aromatic nitrogens is 2. The predicted octanol–water partition coefficient (Wildman–Crippen LogP) is 8.00. The fourth-order valence-corrected chi connectivity index (χ4v) is 5.47. The molecule has 224 valence electrons. The summed E-state index contributed by atoms with van der Waals surface area (Å²) in [4.78, 5) is 18.0. The molecule has 0 aliphatic heterocycles. The Hall–Kier alpha value is -3.71. The number of fused-ring (bicyclic) bond motifs is 1. The molecule has 10 heteroatoms. The number of carbonyl (C=O) groups is 1. The first-order valence-corrected chi connectivity index (χ1v) is 13.9. The summed E-state index contributed by atoms with van der Waals surface area (Å²) in [6, 6.07) is 9.25. The second-order valence-electron chi connectivity index (χ2n) is 11.5. The molecule has 0 radical (unpaired) electrons. The minimum absolute atomic E-state index is 0.0533. The first kappa shape index (κ1) is 31.2. The Morgan fingerprint density at radius 1 is 1.29 bits per heavy atom. The third-order valence-corrected chi connectivity index (χ3v) is 8.02. The SMILES string of the molecule is C=CC(F)OCc1cc(-c2cnc3cc(C(C)(C)C#N)ccn23)cc(OC)c1C(=O)CCC(C)C(C1CC1)C(F)(F)F. The van der Waals surface area contributed by atoms with E-state index in [1.165, 1.54) is 7.11 Å². The van der Waals surface area contributed by atoms with Gasteiger partial charge in [-0.05, 0) is 86.4 Å². The second kappa shape index (κ2) is 12.3. The summed E-state index contributed by atoms with van der Waals surface area (Å²) in [5.74, 6) is -2.76. The number of halogens is 4. The van der Waals surface area contributed by atoms with E-state index >= 15 is 0 Å². The summed E-state index contributed by atoms with van der Waals surface area (Å²) in [6.45, 7) is 8.25. The number of Topliss-reactive ketones (excluding diaryl/α,β-unsaturated/α-hetero) is 1. The zero-order valence-electron chi connectivity index (χ0n) is 24.2. The summed E-state index contributed by atoms with van der Waals surface area (Å²) in [6.07, 6.45) is -0.673. The van der Waals surface area contributed by atoms with Gasteiger partial charge in [0.2, 0.25) is 6.36 Å². The van der Waals surface area contributed by atoms with Crippen molar-refractivity contribution in [3.63, 3.8) is 0 Å². The van der Waals surface area contributed by atoms with Crippen LogP contribution in [0.4, 0.5) is 17.6 Å². The van der Waals surface area contributed by atoms with Crippen LogP contribution in [0.3, 0.4) is 0 Å². The van der Waals surface area contributed by atoms with Gasteiger partial charge in [-0.1, -0.05) is 13.5 Å². The molecule has 2 heterocycles. The zero-order chi connectivity index (χ0) is 30.8. The Labute approximate surface area is 243 Å². The Morgan fingerprint density at radius 2 is 2.00 bits per heavy atom. The number of hydrogen-bond donors (Lipinski definition) is 0. The number of imidazole rings is 1. The van der Waals surface area contributed by atoms with Gasteiger partial charge in [-0.3, -0.25) is 9.20 Å². The van der Waals surface area contributed by atoms with Gasteiger partial charge in [0.15, 0.2) is 5.78 Å². The van der Waals surface area contributed by atoms with Crippen molar-refractivity contribution in [2.75, 3.05) is 7.11 Å². The standard InChI is InChI=1S/C32H35F4N3O3/c1-6-27(33)42-17-22-13-21(24-16-38-28-15-23(11-12-39(24)28)31(3,4)18-37)14-26(41-5)29(22)25(40)10-7-19(2)30(20-8-9-20)32(34,35)36/h6,11-16,19-20,27,30H,1,7-10,17H2,2-5H3. The summed E-state index contributed by atoms with van der Waals surface area (Å²) in [5.41, 5.74) is 2.41. The maximum atomic E-state index is 14.0. The van der Waals surface area contributed by atoms with Crippen molar-refractivity contribution in [3.05, 3.63) is 66.0 Å². The number of benzene rings is 1. The fraction of sp³-hybridized carbons (Fsp3) is 0.469. The van der Waals surface area contributed by atoms with Crippen LogP contribution in [0.25, 0.3) is 16.9 Å². The number of nitriles is 1. The number of alkyl halides is 4. The molecule has 0 bridgehead atoms. The van der Waals surface area contributed by atoms with Gasteiger partial charge in [0.25, 0.3) is 0 Å². The maximum Gasteiger partial charge on any atom is 0.392 e. The predicted molar refractivity (Wildman–Crippen MR) is 151 cm³/mol. The van der Waals surface area contributed by atoms with Crippen molar-refractivity contribution < 1.29 is 31.8 Å². The van der Waals surface area contributed by atoms with Crippen molar-refractivity contribution >= 4 is 11.4 Å². The molecule has 3 aromatic rings. The van der Waals surface area contributed by atoms with Crippen molar-refractivity contribution in [1.82, 2.24) is 9.38 Å². The van der Waals surface area contributed by atoms with E-state index in [4.69, 9.17) is 9.47 Å². The third-order valence-electron chi connectivity index (χ3n) is 8.02.